The van der Waals surface area contributed by atoms with Gasteiger partial charge in [0.2, 0.25) is 0 Å². The molecule has 3 heteroatoms. The maximum Gasteiger partial charge on any atom is 0.121 e. The topological polar surface area (TPSA) is 38.5 Å². The summed E-state index contributed by atoms with van der Waals surface area (Å²) in [4.78, 5) is 2.08. The van der Waals surface area contributed by atoms with Crippen molar-refractivity contribution in [2.45, 2.75) is 37.8 Å². The minimum absolute atomic E-state index is 0.182. The summed E-state index contributed by atoms with van der Waals surface area (Å²) in [6, 6.07) is 8.37. The summed E-state index contributed by atoms with van der Waals surface area (Å²) >= 11 is 0. The number of ether oxygens (including phenoxy) is 1. The summed E-state index contributed by atoms with van der Waals surface area (Å²) in [5.41, 5.74) is 7.25. The van der Waals surface area contributed by atoms with Crippen LogP contribution < -0.4 is 15.4 Å². The Balaban J connectivity index is 2.04. The second-order valence-electron chi connectivity index (χ2n) is 5.00. The zero-order valence-electron chi connectivity index (χ0n) is 10.7. The second-order valence-corrected chi connectivity index (χ2v) is 5.00. The lowest BCUT2D eigenvalue weighted by molar-refractivity contribution is 0.132. The molecule has 1 aliphatic carbocycles. The molecule has 1 aromatic carbocycles. The molecule has 2 N–H and O–H groups in total. The van der Waals surface area contributed by atoms with Crippen molar-refractivity contribution in [1.82, 2.24) is 0 Å². The van der Waals surface area contributed by atoms with E-state index in [0.29, 0.717) is 0 Å². The third kappa shape index (κ3) is 3.13. The van der Waals surface area contributed by atoms with Crippen LogP contribution in [-0.2, 0) is 0 Å². The molecule has 0 aromatic heterocycles. The lowest BCUT2D eigenvalue weighted by Gasteiger charge is -2.29. The van der Waals surface area contributed by atoms with Crippen molar-refractivity contribution >= 4 is 5.69 Å². The zero-order valence-corrected chi connectivity index (χ0v) is 10.7. The molecule has 2 rings (SSSR count). The van der Waals surface area contributed by atoms with E-state index in [0.717, 1.165) is 24.3 Å². The van der Waals surface area contributed by atoms with Gasteiger partial charge in [0, 0.05) is 31.9 Å². The Morgan fingerprint density at radius 1 is 1.24 bits per heavy atom. The number of nitrogens with two attached hydrogens (primary N) is 1. The quantitative estimate of drug-likeness (QED) is 0.872. The molecular weight excluding hydrogens is 212 g/mol. The zero-order chi connectivity index (χ0) is 12.3. The van der Waals surface area contributed by atoms with Crippen LogP contribution in [0.5, 0.6) is 5.75 Å². The van der Waals surface area contributed by atoms with Gasteiger partial charge in [-0.3, -0.25) is 0 Å². The van der Waals surface area contributed by atoms with Crippen molar-refractivity contribution in [3.63, 3.8) is 0 Å². The van der Waals surface area contributed by atoms with Crippen molar-refractivity contribution in [1.29, 1.82) is 0 Å². The van der Waals surface area contributed by atoms with Crippen LogP contribution in [0.15, 0.2) is 24.3 Å². The molecule has 2 unspecified atom stereocenters. The SMILES string of the molecule is CN(C)c1cccc(OC2CCCCC2N)c1. The molecule has 0 spiro atoms. The van der Waals surface area contributed by atoms with E-state index < -0.39 is 0 Å². The van der Waals surface area contributed by atoms with Gasteiger partial charge in [0.15, 0.2) is 0 Å². The van der Waals surface area contributed by atoms with Crippen LogP contribution >= 0.6 is 0 Å². The van der Waals surface area contributed by atoms with Crippen molar-refractivity contribution in [3.05, 3.63) is 24.3 Å². The van der Waals surface area contributed by atoms with E-state index in [1.54, 1.807) is 0 Å². The fraction of sp³-hybridized carbons (Fsp3) is 0.571. The molecule has 0 aliphatic heterocycles. The smallest absolute Gasteiger partial charge is 0.121 e. The maximum absolute atomic E-state index is 6.09. The van der Waals surface area contributed by atoms with Crippen molar-refractivity contribution in [2.75, 3.05) is 19.0 Å². The van der Waals surface area contributed by atoms with Gasteiger partial charge in [-0.1, -0.05) is 12.5 Å². The molecule has 1 fully saturated rings. The standard InChI is InChI=1S/C14H22N2O/c1-16(2)11-6-5-7-12(10-11)17-14-9-4-3-8-13(14)15/h5-7,10,13-14H,3-4,8-9,15H2,1-2H3. The number of hydrogen-bond donors (Lipinski definition) is 1. The first-order valence-corrected chi connectivity index (χ1v) is 6.36. The summed E-state index contributed by atoms with van der Waals surface area (Å²) in [7, 11) is 4.07. The highest BCUT2D eigenvalue weighted by Gasteiger charge is 2.23. The van der Waals surface area contributed by atoms with Crippen LogP contribution in [0, 0.1) is 0 Å². The molecular formula is C14H22N2O. The summed E-state index contributed by atoms with van der Waals surface area (Å²) < 4.78 is 6.01. The Bertz CT molecular complexity index is 365. The third-order valence-electron chi connectivity index (χ3n) is 3.38. The van der Waals surface area contributed by atoms with Crippen molar-refractivity contribution in [3.8, 4) is 5.75 Å². The van der Waals surface area contributed by atoms with Crippen LogP contribution in [0.4, 0.5) is 5.69 Å². The van der Waals surface area contributed by atoms with Crippen LogP contribution in [0.25, 0.3) is 0 Å². The molecule has 2 atom stereocenters. The highest BCUT2D eigenvalue weighted by molar-refractivity contribution is 5.49. The summed E-state index contributed by atoms with van der Waals surface area (Å²) in [5, 5.41) is 0. The number of benzene rings is 1. The van der Waals surface area contributed by atoms with Gasteiger partial charge >= 0.3 is 0 Å². The number of rotatable bonds is 3. The summed E-state index contributed by atoms with van der Waals surface area (Å²) in [6.07, 6.45) is 4.80. The van der Waals surface area contributed by atoms with Gasteiger partial charge in [0.05, 0.1) is 0 Å². The molecule has 3 nitrogen and oxygen atoms in total. The Kier molecular flexibility index (Phi) is 3.89. The lowest BCUT2D eigenvalue weighted by Crippen LogP contribution is -2.41. The summed E-state index contributed by atoms with van der Waals surface area (Å²) in [5.74, 6) is 0.929. The first kappa shape index (κ1) is 12.2. The second kappa shape index (κ2) is 5.41. The van der Waals surface area contributed by atoms with E-state index in [4.69, 9.17) is 10.5 Å². The van der Waals surface area contributed by atoms with Gasteiger partial charge in [-0.25, -0.2) is 0 Å². The molecule has 0 radical (unpaired) electrons. The predicted octanol–water partition coefficient (Wildman–Crippen LogP) is 2.40. The number of hydrogen-bond acceptors (Lipinski definition) is 3. The minimum atomic E-state index is 0.182. The predicted molar refractivity (Wildman–Crippen MR) is 71.6 cm³/mol. The van der Waals surface area contributed by atoms with E-state index in [-0.39, 0.29) is 12.1 Å². The number of anilines is 1. The molecule has 94 valence electrons. The maximum atomic E-state index is 6.09. The normalized spacial score (nSPS) is 24.4. The highest BCUT2D eigenvalue weighted by Crippen LogP contribution is 2.25. The fourth-order valence-corrected chi connectivity index (χ4v) is 2.28. The number of nitrogens with zero attached hydrogens (tertiary/aromatic N) is 1. The summed E-state index contributed by atoms with van der Waals surface area (Å²) in [6.45, 7) is 0. The van der Waals surface area contributed by atoms with Crippen LogP contribution in [0.3, 0.4) is 0 Å². The molecule has 1 aliphatic rings. The van der Waals surface area contributed by atoms with E-state index >= 15 is 0 Å². The van der Waals surface area contributed by atoms with Gasteiger partial charge in [0.1, 0.15) is 11.9 Å². The van der Waals surface area contributed by atoms with E-state index in [2.05, 4.69) is 17.0 Å². The highest BCUT2D eigenvalue weighted by atomic mass is 16.5. The Labute approximate surface area is 104 Å². The lowest BCUT2D eigenvalue weighted by atomic mass is 9.93. The average molecular weight is 234 g/mol. The van der Waals surface area contributed by atoms with E-state index in [1.807, 2.05) is 26.2 Å². The molecule has 1 saturated carbocycles. The first-order valence-electron chi connectivity index (χ1n) is 6.36. The van der Waals surface area contributed by atoms with E-state index in [9.17, 15) is 0 Å². The van der Waals surface area contributed by atoms with Crippen molar-refractivity contribution < 1.29 is 4.74 Å². The average Bonchev–Trinajstić information content (AvgIpc) is 2.32. The largest absolute Gasteiger partial charge is 0.489 e. The minimum Gasteiger partial charge on any atom is -0.489 e. The third-order valence-corrected chi connectivity index (χ3v) is 3.38. The molecule has 1 aromatic rings. The fourth-order valence-electron chi connectivity index (χ4n) is 2.28. The van der Waals surface area contributed by atoms with Crippen LogP contribution in [-0.4, -0.2) is 26.2 Å². The molecule has 0 heterocycles. The molecule has 0 bridgehead atoms. The van der Waals surface area contributed by atoms with Gasteiger partial charge in [-0.15, -0.1) is 0 Å². The Morgan fingerprint density at radius 2 is 2.00 bits per heavy atom. The van der Waals surface area contributed by atoms with Crippen molar-refractivity contribution in [2.24, 2.45) is 5.73 Å². The Morgan fingerprint density at radius 3 is 2.71 bits per heavy atom. The van der Waals surface area contributed by atoms with Gasteiger partial charge < -0.3 is 15.4 Å². The van der Waals surface area contributed by atoms with Gasteiger partial charge in [-0.05, 0) is 31.4 Å². The first-order chi connectivity index (χ1) is 8.16. The van der Waals surface area contributed by atoms with Crippen LogP contribution in [0.1, 0.15) is 25.7 Å². The molecule has 17 heavy (non-hydrogen) atoms. The van der Waals surface area contributed by atoms with Gasteiger partial charge in [0.25, 0.3) is 0 Å². The van der Waals surface area contributed by atoms with E-state index in [1.165, 1.54) is 12.8 Å². The Hall–Kier alpha value is -1.22. The monoisotopic (exact) mass is 234 g/mol. The molecule has 0 amide bonds. The molecule has 0 saturated heterocycles. The van der Waals surface area contributed by atoms with Crippen LogP contribution in [0.2, 0.25) is 0 Å². The van der Waals surface area contributed by atoms with Gasteiger partial charge in [-0.2, -0.15) is 0 Å².